The fourth-order valence-corrected chi connectivity index (χ4v) is 2.67. The summed E-state index contributed by atoms with van der Waals surface area (Å²) in [6.45, 7) is 1.99. The third kappa shape index (κ3) is 1.71. The Hall–Kier alpha value is -2.07. The first-order chi connectivity index (χ1) is 8.65. The van der Waals surface area contributed by atoms with E-state index in [1.807, 2.05) is 18.4 Å². The second kappa shape index (κ2) is 3.99. The molecule has 0 aliphatic carbocycles. The van der Waals surface area contributed by atoms with Gasteiger partial charge in [-0.05, 0) is 36.1 Å². The normalized spacial score (nSPS) is 15.8. The summed E-state index contributed by atoms with van der Waals surface area (Å²) in [5.74, 6) is 0.675. The lowest BCUT2D eigenvalue weighted by atomic mass is 10.1. The lowest BCUT2D eigenvalue weighted by Crippen LogP contribution is -1.97. The maximum Gasteiger partial charge on any atom is 0.232 e. The van der Waals surface area contributed by atoms with E-state index in [0.29, 0.717) is 17.1 Å². The molecule has 0 saturated heterocycles. The van der Waals surface area contributed by atoms with Gasteiger partial charge in [0.15, 0.2) is 5.76 Å². The zero-order valence-electron chi connectivity index (χ0n) is 9.64. The molecule has 3 rings (SSSR count). The van der Waals surface area contributed by atoms with Crippen LogP contribution in [-0.4, -0.2) is 10.9 Å². The van der Waals surface area contributed by atoms with Crippen molar-refractivity contribution in [1.82, 2.24) is 0 Å². The summed E-state index contributed by atoms with van der Waals surface area (Å²) >= 11 is 1.56. The predicted molar refractivity (Wildman–Crippen MR) is 70.1 cm³/mol. The van der Waals surface area contributed by atoms with Crippen molar-refractivity contribution in [1.29, 1.82) is 0 Å². The number of benzene rings is 1. The minimum atomic E-state index is -0.141. The van der Waals surface area contributed by atoms with Crippen molar-refractivity contribution >= 4 is 23.2 Å². The largest absolute Gasteiger partial charge is 0.508 e. The number of aromatic hydroxyl groups is 1. The molecular formula is C14H10O3S. The van der Waals surface area contributed by atoms with E-state index in [1.54, 1.807) is 23.5 Å². The summed E-state index contributed by atoms with van der Waals surface area (Å²) < 4.78 is 5.49. The molecule has 0 radical (unpaired) electrons. The molecule has 0 atom stereocenters. The number of allylic oxidation sites excluding steroid dienone is 1. The first-order valence-electron chi connectivity index (χ1n) is 5.46. The van der Waals surface area contributed by atoms with Gasteiger partial charge in [0, 0.05) is 17.0 Å². The average Bonchev–Trinajstić information content (AvgIpc) is 2.86. The van der Waals surface area contributed by atoms with Crippen molar-refractivity contribution in [2.75, 3.05) is 0 Å². The van der Waals surface area contributed by atoms with Crippen molar-refractivity contribution in [3.05, 3.63) is 51.4 Å². The Morgan fingerprint density at radius 3 is 2.89 bits per heavy atom. The molecule has 1 aliphatic heterocycles. The molecule has 4 heteroatoms. The minimum Gasteiger partial charge on any atom is -0.508 e. The number of Topliss-reactive ketones (excluding diaryl/α,β-unsaturated/α-hetero) is 1. The molecule has 3 nitrogen and oxygen atoms in total. The van der Waals surface area contributed by atoms with Gasteiger partial charge in [-0.15, -0.1) is 11.3 Å². The van der Waals surface area contributed by atoms with Crippen molar-refractivity contribution in [3.8, 4) is 11.5 Å². The highest BCUT2D eigenvalue weighted by molar-refractivity contribution is 7.11. The van der Waals surface area contributed by atoms with Gasteiger partial charge in [-0.25, -0.2) is 0 Å². The van der Waals surface area contributed by atoms with Gasteiger partial charge < -0.3 is 9.84 Å². The molecule has 0 fully saturated rings. The maximum absolute atomic E-state index is 12.1. The number of fused-ring (bicyclic) bond motifs is 1. The predicted octanol–water partition coefficient (Wildman–Crippen LogP) is 3.38. The van der Waals surface area contributed by atoms with E-state index in [-0.39, 0.29) is 11.5 Å². The van der Waals surface area contributed by atoms with E-state index in [0.717, 1.165) is 10.4 Å². The first kappa shape index (κ1) is 11.0. The molecule has 0 unspecified atom stereocenters. The van der Waals surface area contributed by atoms with Crippen LogP contribution in [-0.2, 0) is 0 Å². The van der Waals surface area contributed by atoms with Crippen LogP contribution in [0.5, 0.6) is 11.5 Å². The number of hydrogen-bond acceptors (Lipinski definition) is 4. The summed E-state index contributed by atoms with van der Waals surface area (Å²) in [5.41, 5.74) is 1.61. The Kier molecular flexibility index (Phi) is 2.45. The standard InChI is InChI=1S/C14H10O3S/c1-8-4-5-18-13(8)7-12-14(16)10-3-2-9(15)6-11(10)17-12/h2-7,15H,1H3/b12-7-. The quantitative estimate of drug-likeness (QED) is 0.798. The van der Waals surface area contributed by atoms with Crippen molar-refractivity contribution in [2.45, 2.75) is 6.92 Å². The van der Waals surface area contributed by atoms with Crippen molar-refractivity contribution in [2.24, 2.45) is 0 Å². The molecule has 1 aromatic carbocycles. The Morgan fingerprint density at radius 2 is 2.17 bits per heavy atom. The first-order valence-corrected chi connectivity index (χ1v) is 6.34. The number of phenols is 1. The van der Waals surface area contributed by atoms with E-state index >= 15 is 0 Å². The van der Waals surface area contributed by atoms with Crippen molar-refractivity contribution < 1.29 is 14.6 Å². The lowest BCUT2D eigenvalue weighted by molar-refractivity contribution is 0.101. The van der Waals surface area contributed by atoms with Gasteiger partial charge in [0.2, 0.25) is 5.78 Å². The molecule has 90 valence electrons. The number of hydrogen-bond donors (Lipinski definition) is 1. The van der Waals surface area contributed by atoms with Crippen LogP contribution in [0.25, 0.3) is 6.08 Å². The van der Waals surface area contributed by atoms with Crippen molar-refractivity contribution in [3.63, 3.8) is 0 Å². The highest BCUT2D eigenvalue weighted by atomic mass is 32.1. The third-order valence-corrected chi connectivity index (χ3v) is 3.78. The van der Waals surface area contributed by atoms with Gasteiger partial charge >= 0.3 is 0 Å². The number of phenolic OH excluding ortho intramolecular Hbond substituents is 1. The Balaban J connectivity index is 2.02. The number of ketones is 1. The molecule has 2 heterocycles. The number of carbonyl (C=O) groups excluding carboxylic acids is 1. The zero-order chi connectivity index (χ0) is 12.7. The SMILES string of the molecule is Cc1ccsc1/C=C1\Oc2cc(O)ccc2C1=O. The minimum absolute atomic E-state index is 0.0927. The van der Waals surface area contributed by atoms with E-state index in [9.17, 15) is 9.90 Å². The van der Waals surface area contributed by atoms with E-state index < -0.39 is 0 Å². The number of carbonyl (C=O) groups is 1. The Bertz CT molecular complexity index is 667. The Labute approximate surface area is 108 Å². The van der Waals surface area contributed by atoms with Crippen LogP contribution in [0.3, 0.4) is 0 Å². The molecule has 18 heavy (non-hydrogen) atoms. The molecule has 2 aromatic rings. The van der Waals surface area contributed by atoms with E-state index in [2.05, 4.69) is 0 Å². The molecule has 0 amide bonds. The average molecular weight is 258 g/mol. The summed E-state index contributed by atoms with van der Waals surface area (Å²) in [4.78, 5) is 13.1. The second-order valence-electron chi connectivity index (χ2n) is 4.09. The highest BCUT2D eigenvalue weighted by Crippen LogP contribution is 2.35. The van der Waals surface area contributed by atoms with Gasteiger partial charge in [-0.3, -0.25) is 4.79 Å². The second-order valence-corrected chi connectivity index (χ2v) is 5.04. The van der Waals surface area contributed by atoms with Crippen LogP contribution in [0.15, 0.2) is 35.4 Å². The topological polar surface area (TPSA) is 46.5 Å². The molecular weight excluding hydrogens is 248 g/mol. The summed E-state index contributed by atoms with van der Waals surface area (Å²) in [7, 11) is 0. The van der Waals surface area contributed by atoms with Gasteiger partial charge in [-0.1, -0.05) is 0 Å². The van der Waals surface area contributed by atoms with Crippen LogP contribution >= 0.6 is 11.3 Å². The number of ether oxygens (including phenoxy) is 1. The fraction of sp³-hybridized carbons (Fsp3) is 0.0714. The molecule has 0 bridgehead atoms. The molecule has 1 N–H and O–H groups in total. The van der Waals surface area contributed by atoms with E-state index in [1.165, 1.54) is 12.1 Å². The summed E-state index contributed by atoms with van der Waals surface area (Å²) in [6, 6.07) is 6.51. The number of thiophene rings is 1. The summed E-state index contributed by atoms with van der Waals surface area (Å²) in [6.07, 6.45) is 1.75. The fourth-order valence-electron chi connectivity index (χ4n) is 1.83. The zero-order valence-corrected chi connectivity index (χ0v) is 10.5. The Morgan fingerprint density at radius 1 is 1.33 bits per heavy atom. The molecule has 1 aromatic heterocycles. The van der Waals surface area contributed by atoms with Crippen LogP contribution < -0.4 is 4.74 Å². The van der Waals surface area contributed by atoms with Crippen LogP contribution in [0.4, 0.5) is 0 Å². The van der Waals surface area contributed by atoms with Crippen LogP contribution in [0.2, 0.25) is 0 Å². The smallest absolute Gasteiger partial charge is 0.232 e. The lowest BCUT2D eigenvalue weighted by Gasteiger charge is -1.98. The van der Waals surface area contributed by atoms with Crippen LogP contribution in [0.1, 0.15) is 20.8 Å². The molecule has 0 spiro atoms. The third-order valence-electron chi connectivity index (χ3n) is 2.82. The van der Waals surface area contributed by atoms with E-state index in [4.69, 9.17) is 4.74 Å². The van der Waals surface area contributed by atoms with Gasteiger partial charge in [-0.2, -0.15) is 0 Å². The highest BCUT2D eigenvalue weighted by Gasteiger charge is 2.27. The van der Waals surface area contributed by atoms with Gasteiger partial charge in [0.1, 0.15) is 11.5 Å². The van der Waals surface area contributed by atoms with Gasteiger partial charge in [0.05, 0.1) is 5.56 Å². The molecule has 1 aliphatic rings. The van der Waals surface area contributed by atoms with Gasteiger partial charge in [0.25, 0.3) is 0 Å². The summed E-state index contributed by atoms with van der Waals surface area (Å²) in [5, 5.41) is 11.3. The van der Waals surface area contributed by atoms with Crippen LogP contribution in [0, 0.1) is 6.92 Å². The monoisotopic (exact) mass is 258 g/mol. The molecule has 0 saturated carbocycles. The maximum atomic E-state index is 12.1. The number of aryl methyl sites for hydroxylation is 1. The number of rotatable bonds is 1.